The Hall–Kier alpha value is -0.930. The maximum atomic E-state index is 13.1. The fourth-order valence-electron chi connectivity index (χ4n) is 1.72. The Morgan fingerprint density at radius 3 is 2.65 bits per heavy atom. The van der Waals surface area contributed by atoms with E-state index in [-0.39, 0.29) is 5.82 Å². The molecule has 0 bridgehead atoms. The minimum atomic E-state index is -0.464. The highest BCUT2D eigenvalue weighted by molar-refractivity contribution is 5.27. The minimum Gasteiger partial charge on any atom is -0.391 e. The molecule has 0 aliphatic carbocycles. The number of aliphatic hydroxyl groups excluding tert-OH is 1. The first-order valence-electron chi connectivity index (χ1n) is 6.13. The van der Waals surface area contributed by atoms with Gasteiger partial charge in [0.1, 0.15) is 5.82 Å². The quantitative estimate of drug-likeness (QED) is 0.798. The van der Waals surface area contributed by atoms with Crippen LogP contribution in [0.3, 0.4) is 0 Å². The maximum absolute atomic E-state index is 13.1. The number of benzene rings is 1. The SMILES string of the molecule is Cc1ccc(F)cc1CC(O)CNCC(C)C. The molecule has 2 nitrogen and oxygen atoms in total. The fourth-order valence-corrected chi connectivity index (χ4v) is 1.72. The number of rotatable bonds is 6. The molecule has 0 aliphatic heterocycles. The van der Waals surface area contributed by atoms with Crippen LogP contribution in [0.25, 0.3) is 0 Å². The summed E-state index contributed by atoms with van der Waals surface area (Å²) in [5, 5.41) is 13.0. The van der Waals surface area contributed by atoms with E-state index in [1.54, 1.807) is 6.07 Å². The van der Waals surface area contributed by atoms with Crippen LogP contribution in [0.5, 0.6) is 0 Å². The lowest BCUT2D eigenvalue weighted by Crippen LogP contribution is -2.31. The molecular formula is C14H22FNO. The van der Waals surface area contributed by atoms with Crippen molar-refractivity contribution in [2.24, 2.45) is 5.92 Å². The van der Waals surface area contributed by atoms with E-state index in [1.807, 2.05) is 6.92 Å². The highest BCUT2D eigenvalue weighted by atomic mass is 19.1. The Morgan fingerprint density at radius 2 is 2.00 bits per heavy atom. The van der Waals surface area contributed by atoms with Gasteiger partial charge < -0.3 is 10.4 Å². The summed E-state index contributed by atoms with van der Waals surface area (Å²) in [6.45, 7) is 7.61. The van der Waals surface area contributed by atoms with Crippen LogP contribution in [0.4, 0.5) is 4.39 Å². The highest BCUT2D eigenvalue weighted by Gasteiger charge is 2.08. The first-order valence-corrected chi connectivity index (χ1v) is 6.13. The second-order valence-corrected chi connectivity index (χ2v) is 4.98. The molecule has 1 aromatic rings. The van der Waals surface area contributed by atoms with Gasteiger partial charge >= 0.3 is 0 Å². The largest absolute Gasteiger partial charge is 0.391 e. The molecule has 2 N–H and O–H groups in total. The second kappa shape index (κ2) is 6.72. The van der Waals surface area contributed by atoms with Crippen molar-refractivity contribution in [3.8, 4) is 0 Å². The van der Waals surface area contributed by atoms with Gasteiger partial charge in [-0.2, -0.15) is 0 Å². The Balaban J connectivity index is 2.44. The Kier molecular flexibility index (Phi) is 5.59. The predicted octanol–water partition coefficient (Wildman–Crippen LogP) is 2.28. The van der Waals surface area contributed by atoms with Gasteiger partial charge in [-0.1, -0.05) is 19.9 Å². The molecule has 0 saturated heterocycles. The van der Waals surface area contributed by atoms with Crippen LogP contribution in [0.2, 0.25) is 0 Å². The van der Waals surface area contributed by atoms with E-state index in [4.69, 9.17) is 0 Å². The van der Waals surface area contributed by atoms with Gasteiger partial charge in [0, 0.05) is 6.54 Å². The van der Waals surface area contributed by atoms with E-state index in [0.717, 1.165) is 17.7 Å². The summed E-state index contributed by atoms with van der Waals surface area (Å²) in [5.41, 5.74) is 1.90. The number of nitrogens with one attached hydrogen (secondary N) is 1. The normalized spacial score (nSPS) is 13.1. The first-order chi connectivity index (χ1) is 7.99. The van der Waals surface area contributed by atoms with Crippen LogP contribution in [0, 0.1) is 18.7 Å². The van der Waals surface area contributed by atoms with Crippen molar-refractivity contribution in [3.63, 3.8) is 0 Å². The summed E-state index contributed by atoms with van der Waals surface area (Å²) in [4.78, 5) is 0. The number of aliphatic hydroxyl groups is 1. The first kappa shape index (κ1) is 14.1. The average Bonchev–Trinajstić information content (AvgIpc) is 2.23. The second-order valence-electron chi connectivity index (χ2n) is 4.98. The molecule has 0 heterocycles. The molecule has 96 valence electrons. The Bertz CT molecular complexity index is 352. The van der Waals surface area contributed by atoms with Crippen molar-refractivity contribution in [3.05, 3.63) is 35.1 Å². The topological polar surface area (TPSA) is 32.3 Å². The van der Waals surface area contributed by atoms with Gasteiger partial charge in [-0.15, -0.1) is 0 Å². The number of hydrogen-bond donors (Lipinski definition) is 2. The van der Waals surface area contributed by atoms with Gasteiger partial charge in [0.15, 0.2) is 0 Å². The summed E-state index contributed by atoms with van der Waals surface area (Å²) in [6, 6.07) is 4.70. The number of hydrogen-bond acceptors (Lipinski definition) is 2. The summed E-state index contributed by atoms with van der Waals surface area (Å²) in [6.07, 6.45) is 0.0311. The molecule has 0 amide bonds. The van der Waals surface area contributed by atoms with Gasteiger partial charge in [0.25, 0.3) is 0 Å². The summed E-state index contributed by atoms with van der Waals surface area (Å²) in [7, 11) is 0. The molecule has 3 heteroatoms. The fraction of sp³-hybridized carbons (Fsp3) is 0.571. The van der Waals surface area contributed by atoms with Crippen LogP contribution in [-0.4, -0.2) is 24.3 Å². The summed E-state index contributed by atoms with van der Waals surface area (Å²) >= 11 is 0. The van der Waals surface area contributed by atoms with Gasteiger partial charge in [-0.3, -0.25) is 0 Å². The monoisotopic (exact) mass is 239 g/mol. The van der Waals surface area contributed by atoms with Crippen LogP contribution in [0.1, 0.15) is 25.0 Å². The highest BCUT2D eigenvalue weighted by Crippen LogP contribution is 2.12. The van der Waals surface area contributed by atoms with Crippen LogP contribution < -0.4 is 5.32 Å². The zero-order chi connectivity index (χ0) is 12.8. The number of aryl methyl sites for hydroxylation is 1. The van der Waals surface area contributed by atoms with Crippen LogP contribution in [-0.2, 0) is 6.42 Å². The average molecular weight is 239 g/mol. The van der Waals surface area contributed by atoms with E-state index in [2.05, 4.69) is 19.2 Å². The lowest BCUT2D eigenvalue weighted by atomic mass is 10.0. The summed E-state index contributed by atoms with van der Waals surface area (Å²) in [5.74, 6) is 0.325. The van der Waals surface area contributed by atoms with Crippen molar-refractivity contribution in [1.82, 2.24) is 5.32 Å². The molecule has 0 aromatic heterocycles. The minimum absolute atomic E-state index is 0.243. The van der Waals surface area contributed by atoms with E-state index in [9.17, 15) is 9.50 Å². The molecule has 1 rings (SSSR count). The van der Waals surface area contributed by atoms with Crippen molar-refractivity contribution in [1.29, 1.82) is 0 Å². The van der Waals surface area contributed by atoms with Gasteiger partial charge in [-0.25, -0.2) is 4.39 Å². The molecule has 0 radical (unpaired) electrons. The van der Waals surface area contributed by atoms with Crippen LogP contribution >= 0.6 is 0 Å². The van der Waals surface area contributed by atoms with E-state index >= 15 is 0 Å². The third kappa shape index (κ3) is 5.29. The smallest absolute Gasteiger partial charge is 0.123 e. The third-order valence-corrected chi connectivity index (χ3v) is 2.70. The molecule has 1 unspecified atom stereocenters. The van der Waals surface area contributed by atoms with Gasteiger partial charge in [0.2, 0.25) is 0 Å². The zero-order valence-corrected chi connectivity index (χ0v) is 10.8. The van der Waals surface area contributed by atoms with Crippen molar-refractivity contribution in [2.45, 2.75) is 33.3 Å². The molecule has 0 spiro atoms. The third-order valence-electron chi connectivity index (χ3n) is 2.70. The standard InChI is InChI=1S/C14H22FNO/c1-10(2)8-16-9-14(17)7-12-6-13(15)5-4-11(12)3/h4-6,10,14,16-17H,7-9H2,1-3H3. The Morgan fingerprint density at radius 1 is 1.29 bits per heavy atom. The van der Waals surface area contributed by atoms with E-state index < -0.39 is 6.10 Å². The van der Waals surface area contributed by atoms with Gasteiger partial charge in [0.05, 0.1) is 6.10 Å². The number of halogens is 1. The van der Waals surface area contributed by atoms with Crippen molar-refractivity contribution >= 4 is 0 Å². The lowest BCUT2D eigenvalue weighted by molar-refractivity contribution is 0.170. The zero-order valence-electron chi connectivity index (χ0n) is 10.8. The molecule has 0 fully saturated rings. The molecule has 1 atom stereocenters. The van der Waals surface area contributed by atoms with Crippen LogP contribution in [0.15, 0.2) is 18.2 Å². The molecule has 1 aromatic carbocycles. The van der Waals surface area contributed by atoms with Gasteiger partial charge in [-0.05, 0) is 49.1 Å². The molecule has 17 heavy (non-hydrogen) atoms. The maximum Gasteiger partial charge on any atom is 0.123 e. The Labute approximate surface area is 103 Å². The molecular weight excluding hydrogens is 217 g/mol. The lowest BCUT2D eigenvalue weighted by Gasteiger charge is -2.14. The van der Waals surface area contributed by atoms with E-state index in [0.29, 0.717) is 18.9 Å². The molecule has 0 saturated carbocycles. The summed E-state index contributed by atoms with van der Waals surface area (Å²) < 4.78 is 13.1. The van der Waals surface area contributed by atoms with E-state index in [1.165, 1.54) is 12.1 Å². The van der Waals surface area contributed by atoms with Crippen molar-refractivity contribution in [2.75, 3.05) is 13.1 Å². The predicted molar refractivity (Wildman–Crippen MR) is 68.6 cm³/mol. The van der Waals surface area contributed by atoms with Crippen molar-refractivity contribution < 1.29 is 9.50 Å². The molecule has 0 aliphatic rings.